The number of aromatic nitrogens is 1. The lowest BCUT2D eigenvalue weighted by Gasteiger charge is -2.09. The number of aromatic amines is 1. The Morgan fingerprint density at radius 3 is 2.55 bits per heavy atom. The predicted octanol–water partition coefficient (Wildman–Crippen LogP) is 7.63. The number of carbonyl (C=O) groups excluding carboxylic acids is 2. The van der Waals surface area contributed by atoms with E-state index in [-0.39, 0.29) is 0 Å². The van der Waals surface area contributed by atoms with Crippen LogP contribution in [0, 0.1) is 0 Å². The van der Waals surface area contributed by atoms with Gasteiger partial charge in [-0.05, 0) is 61.5 Å². The van der Waals surface area contributed by atoms with Crippen LogP contribution >= 0.6 is 27.5 Å². The van der Waals surface area contributed by atoms with E-state index in [9.17, 15) is 9.59 Å². The number of hydrazone groups is 1. The molecule has 1 aromatic heterocycles. The van der Waals surface area contributed by atoms with Gasteiger partial charge in [-0.1, -0.05) is 63.9 Å². The molecule has 0 radical (unpaired) electrons. The van der Waals surface area contributed by atoms with E-state index in [4.69, 9.17) is 21.1 Å². The van der Waals surface area contributed by atoms with E-state index in [1.165, 1.54) is 6.21 Å². The van der Waals surface area contributed by atoms with Crippen molar-refractivity contribution in [3.05, 3.63) is 117 Å². The fraction of sp³-hybridized carbons (Fsp3) is 0.0645. The van der Waals surface area contributed by atoms with Gasteiger partial charge < -0.3 is 14.5 Å². The van der Waals surface area contributed by atoms with Crippen molar-refractivity contribution in [2.75, 3.05) is 6.61 Å². The van der Waals surface area contributed by atoms with Crippen molar-refractivity contribution in [1.29, 1.82) is 0 Å². The van der Waals surface area contributed by atoms with Crippen molar-refractivity contribution in [1.82, 2.24) is 10.4 Å². The molecule has 9 heteroatoms. The van der Waals surface area contributed by atoms with Crippen molar-refractivity contribution >= 4 is 56.5 Å². The highest BCUT2D eigenvalue weighted by Crippen LogP contribution is 2.38. The zero-order chi connectivity index (χ0) is 28.1. The largest absolute Gasteiger partial charge is 0.494 e. The number of hydrogen-bond acceptors (Lipinski definition) is 5. The standard InChI is InChI=1S/C31H23BrClN3O4/c1-2-39-22-13-14-26-24(17-22)28(23-10-6-7-11-25(23)33)29(35-26)30(37)36-34-18-20-16-21(32)12-15-27(20)40-31(38)19-8-4-3-5-9-19/h3-18,35H,2H2,1H3,(H,36,37). The SMILES string of the molecule is CCOc1ccc2[nH]c(C(=O)NN=Cc3cc(Br)ccc3OC(=O)c3ccccc3)c(-c3ccccc3Cl)c2c1. The average molecular weight is 617 g/mol. The lowest BCUT2D eigenvalue weighted by Crippen LogP contribution is -2.19. The molecule has 0 saturated carbocycles. The van der Waals surface area contributed by atoms with Crippen LogP contribution in [0.5, 0.6) is 11.5 Å². The third kappa shape index (κ3) is 5.93. The molecule has 0 saturated heterocycles. The van der Waals surface area contributed by atoms with Crippen LogP contribution in [0.2, 0.25) is 5.02 Å². The van der Waals surface area contributed by atoms with Crippen LogP contribution in [0.4, 0.5) is 0 Å². The highest BCUT2D eigenvalue weighted by Gasteiger charge is 2.21. The quantitative estimate of drug-likeness (QED) is 0.0811. The highest BCUT2D eigenvalue weighted by molar-refractivity contribution is 9.10. The zero-order valence-electron chi connectivity index (χ0n) is 21.3. The van der Waals surface area contributed by atoms with E-state index in [0.29, 0.717) is 51.1 Å². The van der Waals surface area contributed by atoms with Gasteiger partial charge in [0.05, 0.1) is 18.4 Å². The van der Waals surface area contributed by atoms with E-state index >= 15 is 0 Å². The van der Waals surface area contributed by atoms with E-state index in [0.717, 1.165) is 15.4 Å². The molecule has 0 unspecified atom stereocenters. The van der Waals surface area contributed by atoms with Crippen LogP contribution in [-0.4, -0.2) is 29.7 Å². The van der Waals surface area contributed by atoms with Gasteiger partial charge in [0, 0.05) is 37.1 Å². The van der Waals surface area contributed by atoms with Crippen LogP contribution in [0.15, 0.2) is 101 Å². The normalized spacial score (nSPS) is 11.1. The lowest BCUT2D eigenvalue weighted by atomic mass is 10.0. The third-order valence-corrected chi connectivity index (χ3v) is 6.83. The van der Waals surface area contributed by atoms with Gasteiger partial charge in [-0.15, -0.1) is 0 Å². The Balaban J connectivity index is 1.45. The van der Waals surface area contributed by atoms with Crippen LogP contribution < -0.4 is 14.9 Å². The van der Waals surface area contributed by atoms with Gasteiger partial charge in [0.25, 0.3) is 5.91 Å². The average Bonchev–Trinajstić information content (AvgIpc) is 3.34. The molecule has 200 valence electrons. The highest BCUT2D eigenvalue weighted by atomic mass is 79.9. The number of carbonyl (C=O) groups is 2. The molecule has 2 N–H and O–H groups in total. The minimum absolute atomic E-state index is 0.291. The number of esters is 1. The number of H-pyrrole nitrogens is 1. The summed E-state index contributed by atoms with van der Waals surface area (Å²) in [5, 5.41) is 5.45. The number of benzene rings is 4. The summed E-state index contributed by atoms with van der Waals surface area (Å²) >= 11 is 9.97. The Kier molecular flexibility index (Phi) is 8.28. The topological polar surface area (TPSA) is 92.8 Å². The first-order valence-electron chi connectivity index (χ1n) is 12.4. The molecule has 1 amide bonds. The Hall–Kier alpha value is -4.40. The summed E-state index contributed by atoms with van der Waals surface area (Å²) in [5.74, 6) is -0.00552. The Morgan fingerprint density at radius 1 is 1.00 bits per heavy atom. The number of rotatable bonds is 8. The number of amides is 1. The second-order valence-electron chi connectivity index (χ2n) is 8.63. The van der Waals surface area contributed by atoms with Crippen molar-refractivity contribution in [3.8, 4) is 22.6 Å². The Bertz CT molecular complexity index is 1730. The maximum absolute atomic E-state index is 13.4. The maximum atomic E-state index is 13.4. The molecular formula is C31H23BrClN3O4. The van der Waals surface area contributed by atoms with Crippen molar-refractivity contribution in [3.63, 3.8) is 0 Å². The monoisotopic (exact) mass is 615 g/mol. The van der Waals surface area contributed by atoms with E-state index < -0.39 is 11.9 Å². The first-order chi connectivity index (χ1) is 19.4. The van der Waals surface area contributed by atoms with Crippen LogP contribution in [0.25, 0.3) is 22.0 Å². The van der Waals surface area contributed by atoms with Crippen LogP contribution in [-0.2, 0) is 0 Å². The summed E-state index contributed by atoms with van der Waals surface area (Å²) in [7, 11) is 0. The molecule has 0 aliphatic heterocycles. The summed E-state index contributed by atoms with van der Waals surface area (Å²) in [5.41, 5.74) is 5.85. The van der Waals surface area contributed by atoms with Gasteiger partial charge >= 0.3 is 5.97 Å². The van der Waals surface area contributed by atoms with E-state index in [2.05, 4.69) is 31.4 Å². The van der Waals surface area contributed by atoms with Gasteiger partial charge in [0.15, 0.2) is 0 Å². The molecule has 40 heavy (non-hydrogen) atoms. The second kappa shape index (κ2) is 12.2. The summed E-state index contributed by atoms with van der Waals surface area (Å²) in [6, 6.07) is 26.7. The molecule has 5 aromatic rings. The lowest BCUT2D eigenvalue weighted by molar-refractivity contribution is 0.0734. The molecule has 7 nitrogen and oxygen atoms in total. The van der Waals surface area contributed by atoms with Gasteiger partial charge in [0.2, 0.25) is 0 Å². The summed E-state index contributed by atoms with van der Waals surface area (Å²) in [6.45, 7) is 2.42. The second-order valence-corrected chi connectivity index (χ2v) is 9.95. The number of ether oxygens (including phenoxy) is 2. The maximum Gasteiger partial charge on any atom is 0.343 e. The van der Waals surface area contributed by atoms with Crippen LogP contribution in [0.1, 0.15) is 33.3 Å². The number of hydrogen-bond donors (Lipinski definition) is 2. The molecule has 0 aliphatic rings. The molecule has 0 spiro atoms. The number of nitrogens with one attached hydrogen (secondary N) is 2. The van der Waals surface area contributed by atoms with Gasteiger partial charge in [0.1, 0.15) is 17.2 Å². The Morgan fingerprint density at radius 2 is 1.77 bits per heavy atom. The molecule has 0 fully saturated rings. The molecule has 1 heterocycles. The van der Waals surface area contributed by atoms with Gasteiger partial charge in [-0.25, -0.2) is 10.2 Å². The molecule has 0 bridgehead atoms. The number of fused-ring (bicyclic) bond motifs is 1. The minimum atomic E-state index is -0.504. The smallest absolute Gasteiger partial charge is 0.343 e. The van der Waals surface area contributed by atoms with Crippen molar-refractivity contribution < 1.29 is 19.1 Å². The predicted molar refractivity (Wildman–Crippen MR) is 161 cm³/mol. The first kappa shape index (κ1) is 27.2. The first-order valence-corrected chi connectivity index (χ1v) is 13.5. The van der Waals surface area contributed by atoms with Crippen molar-refractivity contribution in [2.45, 2.75) is 6.92 Å². The van der Waals surface area contributed by atoms with Crippen LogP contribution in [0.3, 0.4) is 0 Å². The fourth-order valence-corrected chi connectivity index (χ4v) is 4.81. The third-order valence-electron chi connectivity index (χ3n) is 6.01. The molecular weight excluding hydrogens is 594 g/mol. The minimum Gasteiger partial charge on any atom is -0.494 e. The van der Waals surface area contributed by atoms with Gasteiger partial charge in [-0.2, -0.15) is 5.10 Å². The van der Waals surface area contributed by atoms with Crippen molar-refractivity contribution in [2.24, 2.45) is 5.10 Å². The summed E-state index contributed by atoms with van der Waals surface area (Å²) in [6.07, 6.45) is 1.42. The van der Waals surface area contributed by atoms with E-state index in [1.54, 1.807) is 48.5 Å². The fourth-order valence-electron chi connectivity index (χ4n) is 4.20. The molecule has 5 rings (SSSR count). The summed E-state index contributed by atoms with van der Waals surface area (Å²) in [4.78, 5) is 29.2. The molecule has 4 aromatic carbocycles. The summed E-state index contributed by atoms with van der Waals surface area (Å²) < 4.78 is 12.0. The Labute approximate surface area is 243 Å². The number of halogens is 2. The molecule has 0 atom stereocenters. The number of nitrogens with zero attached hydrogens (tertiary/aromatic N) is 1. The molecule has 0 aliphatic carbocycles. The zero-order valence-corrected chi connectivity index (χ0v) is 23.6. The van der Waals surface area contributed by atoms with E-state index in [1.807, 2.05) is 49.4 Å². The van der Waals surface area contributed by atoms with Gasteiger partial charge in [-0.3, -0.25) is 4.79 Å².